The number of sulfonamides is 1. The Bertz CT molecular complexity index is 1220. The van der Waals surface area contributed by atoms with Crippen LogP contribution in [0.2, 0.25) is 0 Å². The zero-order chi connectivity index (χ0) is 20.6. The minimum absolute atomic E-state index is 0.108. The first-order valence-corrected chi connectivity index (χ1v) is 10.5. The zero-order valence-corrected chi connectivity index (χ0v) is 16.5. The Morgan fingerprint density at radius 2 is 1.79 bits per heavy atom. The second-order valence-electron chi connectivity index (χ2n) is 6.79. The van der Waals surface area contributed by atoms with Crippen LogP contribution >= 0.6 is 0 Å². The number of hydrogen-bond donors (Lipinski definition) is 2. The Hall–Kier alpha value is -2.88. The first-order chi connectivity index (χ1) is 13.9. The van der Waals surface area contributed by atoms with Crippen molar-refractivity contribution >= 4 is 20.9 Å². The van der Waals surface area contributed by atoms with Gasteiger partial charge in [-0.1, -0.05) is 17.7 Å². The maximum atomic E-state index is 13.0. The summed E-state index contributed by atoms with van der Waals surface area (Å²) in [5.74, 6) is 1.11. The lowest BCUT2D eigenvalue weighted by Crippen LogP contribution is -2.35. The van der Waals surface area contributed by atoms with E-state index in [0.29, 0.717) is 22.4 Å². The van der Waals surface area contributed by atoms with Gasteiger partial charge in [-0.2, -0.15) is 4.31 Å². The van der Waals surface area contributed by atoms with Crippen molar-refractivity contribution in [3.05, 3.63) is 63.9 Å². The third-order valence-electron chi connectivity index (χ3n) is 4.77. The summed E-state index contributed by atoms with van der Waals surface area (Å²) in [5.41, 5.74) is 1.36. The number of aryl methyl sites for hydroxylation is 1. The Labute approximate surface area is 167 Å². The highest BCUT2D eigenvalue weighted by atomic mass is 32.2. The molecule has 9 heteroatoms. The molecule has 152 valence electrons. The van der Waals surface area contributed by atoms with Crippen molar-refractivity contribution in [2.45, 2.75) is 18.4 Å². The number of fused-ring (bicyclic) bond motifs is 2. The minimum Gasteiger partial charge on any atom is -0.454 e. The number of aliphatic hydroxyl groups is 1. The molecule has 0 radical (unpaired) electrons. The Balaban J connectivity index is 1.72. The zero-order valence-electron chi connectivity index (χ0n) is 15.7. The lowest BCUT2D eigenvalue weighted by Gasteiger charge is -2.21. The number of aliphatic hydroxyl groups excluding tert-OH is 1. The second kappa shape index (κ2) is 7.51. The summed E-state index contributed by atoms with van der Waals surface area (Å²) in [7, 11) is -3.88. The van der Waals surface area contributed by atoms with E-state index in [1.165, 1.54) is 12.1 Å². The Kier molecular flexibility index (Phi) is 5.03. The van der Waals surface area contributed by atoms with E-state index in [1.807, 2.05) is 6.92 Å². The summed E-state index contributed by atoms with van der Waals surface area (Å²) in [5, 5.41) is 10.1. The average Bonchev–Trinajstić information content (AvgIpc) is 3.14. The lowest BCUT2D eigenvalue weighted by molar-refractivity contribution is 0.174. The van der Waals surface area contributed by atoms with Crippen LogP contribution in [0.3, 0.4) is 0 Å². The van der Waals surface area contributed by atoms with Crippen molar-refractivity contribution in [3.63, 3.8) is 0 Å². The average molecular weight is 416 g/mol. The number of ether oxygens (including phenoxy) is 2. The molecule has 4 rings (SSSR count). The summed E-state index contributed by atoms with van der Waals surface area (Å²) in [6.07, 6.45) is 0. The monoisotopic (exact) mass is 416 g/mol. The van der Waals surface area contributed by atoms with Crippen molar-refractivity contribution in [1.29, 1.82) is 0 Å². The molecule has 2 N–H and O–H groups in total. The summed E-state index contributed by atoms with van der Waals surface area (Å²) < 4.78 is 37.8. The summed E-state index contributed by atoms with van der Waals surface area (Å²) >= 11 is 0. The topological polar surface area (TPSA) is 109 Å². The number of nitrogens with one attached hydrogen (secondary N) is 1. The molecule has 0 saturated heterocycles. The van der Waals surface area contributed by atoms with E-state index in [1.54, 1.807) is 30.3 Å². The molecule has 0 saturated carbocycles. The molecule has 2 aromatic carbocycles. The van der Waals surface area contributed by atoms with Crippen LogP contribution in [0.1, 0.15) is 11.1 Å². The number of rotatable bonds is 6. The van der Waals surface area contributed by atoms with Crippen molar-refractivity contribution in [2.75, 3.05) is 19.9 Å². The van der Waals surface area contributed by atoms with Crippen molar-refractivity contribution < 1.29 is 23.0 Å². The van der Waals surface area contributed by atoms with Crippen LogP contribution in [0, 0.1) is 6.92 Å². The van der Waals surface area contributed by atoms with E-state index >= 15 is 0 Å². The van der Waals surface area contributed by atoms with E-state index in [-0.39, 0.29) is 36.9 Å². The lowest BCUT2D eigenvalue weighted by atomic mass is 10.1. The van der Waals surface area contributed by atoms with Gasteiger partial charge in [0.25, 0.3) is 5.56 Å². The summed E-state index contributed by atoms with van der Waals surface area (Å²) in [6.45, 7) is 1.31. The van der Waals surface area contributed by atoms with Crippen molar-refractivity contribution in [3.8, 4) is 11.5 Å². The van der Waals surface area contributed by atoms with Crippen LogP contribution in [0.5, 0.6) is 11.5 Å². The molecule has 1 aliphatic rings. The van der Waals surface area contributed by atoms with Crippen LogP contribution < -0.4 is 15.0 Å². The van der Waals surface area contributed by atoms with Gasteiger partial charge in [0, 0.05) is 30.1 Å². The fraction of sp³-hybridized carbons (Fsp3) is 0.250. The molecule has 3 aromatic rings. The molecule has 29 heavy (non-hydrogen) atoms. The minimum atomic E-state index is -3.88. The molecule has 1 aromatic heterocycles. The third kappa shape index (κ3) is 3.71. The van der Waals surface area contributed by atoms with Crippen LogP contribution in [0.15, 0.2) is 52.2 Å². The van der Waals surface area contributed by atoms with E-state index in [2.05, 4.69) is 4.98 Å². The molecular formula is C20H20N2O6S. The maximum Gasteiger partial charge on any atom is 0.252 e. The van der Waals surface area contributed by atoms with Gasteiger partial charge in [0.15, 0.2) is 11.5 Å². The largest absolute Gasteiger partial charge is 0.454 e. The van der Waals surface area contributed by atoms with Crippen molar-refractivity contribution in [1.82, 2.24) is 9.29 Å². The quantitative estimate of drug-likeness (QED) is 0.634. The second-order valence-corrected chi connectivity index (χ2v) is 8.73. The van der Waals surface area contributed by atoms with E-state index in [9.17, 15) is 18.3 Å². The van der Waals surface area contributed by atoms with Gasteiger partial charge in [-0.15, -0.1) is 0 Å². The summed E-state index contributed by atoms with van der Waals surface area (Å²) in [4.78, 5) is 15.4. The number of aromatic nitrogens is 1. The number of H-pyrrole nitrogens is 1. The highest BCUT2D eigenvalue weighted by Gasteiger charge is 2.25. The molecular weight excluding hydrogens is 396 g/mol. The fourth-order valence-corrected chi connectivity index (χ4v) is 4.61. The maximum absolute atomic E-state index is 13.0. The third-order valence-corrected chi connectivity index (χ3v) is 6.63. The van der Waals surface area contributed by atoms with Crippen LogP contribution in [0.25, 0.3) is 10.9 Å². The number of hydrogen-bond acceptors (Lipinski definition) is 6. The van der Waals surface area contributed by atoms with Crippen molar-refractivity contribution in [2.24, 2.45) is 0 Å². The smallest absolute Gasteiger partial charge is 0.252 e. The first-order valence-electron chi connectivity index (χ1n) is 9.02. The number of aromatic amines is 1. The number of nitrogens with zero attached hydrogens (tertiary/aromatic N) is 1. The molecule has 0 atom stereocenters. The predicted octanol–water partition coefficient (Wildman–Crippen LogP) is 1.75. The molecule has 8 nitrogen and oxygen atoms in total. The van der Waals surface area contributed by atoms with Crippen LogP contribution in [-0.2, 0) is 16.6 Å². The molecule has 0 amide bonds. The first kappa shape index (κ1) is 19.4. The van der Waals surface area contributed by atoms with Gasteiger partial charge < -0.3 is 19.6 Å². The molecule has 0 bridgehead atoms. The van der Waals surface area contributed by atoms with Gasteiger partial charge in [0.05, 0.1) is 17.0 Å². The Morgan fingerprint density at radius 3 is 2.48 bits per heavy atom. The highest BCUT2D eigenvalue weighted by Crippen LogP contribution is 2.35. The predicted molar refractivity (Wildman–Crippen MR) is 107 cm³/mol. The van der Waals surface area contributed by atoms with Crippen LogP contribution in [0.4, 0.5) is 0 Å². The highest BCUT2D eigenvalue weighted by molar-refractivity contribution is 7.89. The van der Waals surface area contributed by atoms with E-state index in [0.717, 1.165) is 9.87 Å². The Morgan fingerprint density at radius 1 is 1.10 bits per heavy atom. The number of pyridine rings is 1. The standard InChI is InChI=1S/C20H20N2O6S/c1-13-2-4-16(5-3-13)29(25,26)22(6-7-23)11-15-8-14-9-18-19(28-12-27-18)10-17(14)21-20(15)24/h2-5,8-10,23H,6-7,11-12H2,1H3,(H,21,24). The molecule has 0 spiro atoms. The molecule has 0 aliphatic carbocycles. The molecule has 1 aliphatic heterocycles. The van der Waals surface area contributed by atoms with Gasteiger partial charge in [-0.05, 0) is 31.2 Å². The van der Waals surface area contributed by atoms with Crippen LogP contribution in [-0.4, -0.2) is 42.8 Å². The number of benzene rings is 2. The van der Waals surface area contributed by atoms with Gasteiger partial charge in [-0.25, -0.2) is 8.42 Å². The normalized spacial score (nSPS) is 13.3. The van der Waals surface area contributed by atoms with Gasteiger partial charge in [-0.3, -0.25) is 4.79 Å². The fourth-order valence-electron chi connectivity index (χ4n) is 3.20. The molecule has 0 fully saturated rings. The summed E-state index contributed by atoms with van der Waals surface area (Å²) in [6, 6.07) is 11.5. The van der Waals surface area contributed by atoms with Gasteiger partial charge in [0.2, 0.25) is 16.8 Å². The van der Waals surface area contributed by atoms with Gasteiger partial charge in [0.1, 0.15) is 0 Å². The molecule has 2 heterocycles. The van der Waals surface area contributed by atoms with Gasteiger partial charge >= 0.3 is 0 Å². The van der Waals surface area contributed by atoms with E-state index in [4.69, 9.17) is 9.47 Å². The SMILES string of the molecule is Cc1ccc(S(=O)(=O)N(CCO)Cc2cc3cc4c(cc3[nH]c2=O)OCO4)cc1. The molecule has 0 unspecified atom stereocenters. The van der Waals surface area contributed by atoms with E-state index < -0.39 is 15.6 Å².